The van der Waals surface area contributed by atoms with E-state index in [1.54, 1.807) is 19.4 Å². The molecule has 0 radical (unpaired) electrons. The minimum atomic E-state index is -0.964. The van der Waals surface area contributed by atoms with Gasteiger partial charge in [0.1, 0.15) is 10.6 Å². The zero-order valence-corrected chi connectivity index (χ0v) is 9.17. The normalized spacial score (nSPS) is 15.4. The van der Waals surface area contributed by atoms with Crippen molar-refractivity contribution in [3.05, 3.63) is 16.1 Å². The number of aliphatic hydroxyl groups is 2. The smallest absolute Gasteiger partial charge is 0.125 e. The van der Waals surface area contributed by atoms with Crippen LogP contribution in [0, 0.1) is 0 Å². The molecule has 4 nitrogen and oxygen atoms in total. The van der Waals surface area contributed by atoms with Gasteiger partial charge in [-0.3, -0.25) is 0 Å². The van der Waals surface area contributed by atoms with Crippen molar-refractivity contribution in [3.8, 4) is 0 Å². The molecule has 2 N–H and O–H groups in total. The van der Waals surface area contributed by atoms with Crippen molar-refractivity contribution in [3.63, 3.8) is 0 Å². The monoisotopic (exact) mass is 217 g/mol. The first-order valence-electron chi connectivity index (χ1n) is 4.37. The van der Waals surface area contributed by atoms with E-state index < -0.39 is 5.60 Å². The molecule has 0 aromatic carbocycles. The van der Waals surface area contributed by atoms with Crippen LogP contribution in [0.1, 0.15) is 24.0 Å². The topological polar surface area (TPSA) is 62.6 Å². The first-order chi connectivity index (χ1) is 6.60. The molecular formula is C9H15NO3S. The second kappa shape index (κ2) is 4.84. The lowest BCUT2D eigenvalue weighted by molar-refractivity contribution is 0.0206. The summed E-state index contributed by atoms with van der Waals surface area (Å²) in [4.78, 5) is 4.12. The number of thiazole rings is 1. The Morgan fingerprint density at radius 2 is 2.36 bits per heavy atom. The summed E-state index contributed by atoms with van der Waals surface area (Å²) >= 11 is 1.35. The van der Waals surface area contributed by atoms with Gasteiger partial charge in [0.15, 0.2) is 0 Å². The van der Waals surface area contributed by atoms with Gasteiger partial charge in [-0.2, -0.15) is 0 Å². The van der Waals surface area contributed by atoms with E-state index in [9.17, 15) is 5.11 Å². The van der Waals surface area contributed by atoms with Gasteiger partial charge in [-0.25, -0.2) is 4.98 Å². The molecule has 0 aliphatic heterocycles. The highest BCUT2D eigenvalue weighted by atomic mass is 32.1. The number of methoxy groups -OCH3 is 1. The summed E-state index contributed by atoms with van der Waals surface area (Å²) in [7, 11) is 1.59. The van der Waals surface area contributed by atoms with E-state index in [0.717, 1.165) is 0 Å². The molecule has 0 fully saturated rings. The van der Waals surface area contributed by atoms with Gasteiger partial charge in [0.05, 0.1) is 12.3 Å². The van der Waals surface area contributed by atoms with Crippen molar-refractivity contribution in [2.45, 2.75) is 25.6 Å². The summed E-state index contributed by atoms with van der Waals surface area (Å²) in [6, 6.07) is 0. The van der Waals surface area contributed by atoms with Gasteiger partial charge in [-0.05, 0) is 6.92 Å². The van der Waals surface area contributed by atoms with Gasteiger partial charge in [-0.15, -0.1) is 11.3 Å². The third-order valence-electron chi connectivity index (χ3n) is 1.97. The minimum absolute atomic E-state index is 0.0865. The molecule has 0 saturated carbocycles. The van der Waals surface area contributed by atoms with Crippen LogP contribution < -0.4 is 0 Å². The Kier molecular flexibility index (Phi) is 4.00. The second-order valence-electron chi connectivity index (χ2n) is 3.32. The lowest BCUT2D eigenvalue weighted by Crippen LogP contribution is -2.23. The van der Waals surface area contributed by atoms with E-state index in [4.69, 9.17) is 9.84 Å². The highest BCUT2D eigenvalue weighted by Gasteiger charge is 2.26. The average Bonchev–Trinajstić information content (AvgIpc) is 2.63. The SMILES string of the molecule is COCC[C@@](C)(O)c1nc(CO)cs1. The van der Waals surface area contributed by atoms with Gasteiger partial charge >= 0.3 is 0 Å². The molecule has 0 aliphatic carbocycles. The van der Waals surface area contributed by atoms with Gasteiger partial charge < -0.3 is 14.9 Å². The number of aliphatic hydroxyl groups excluding tert-OH is 1. The Bertz CT molecular complexity index is 285. The van der Waals surface area contributed by atoms with Crippen LogP contribution in [-0.4, -0.2) is 28.9 Å². The van der Waals surface area contributed by atoms with Crippen molar-refractivity contribution in [2.75, 3.05) is 13.7 Å². The van der Waals surface area contributed by atoms with Crippen LogP contribution in [0.3, 0.4) is 0 Å². The molecule has 1 atom stereocenters. The Morgan fingerprint density at radius 3 is 2.86 bits per heavy atom. The van der Waals surface area contributed by atoms with Crippen LogP contribution in [0.15, 0.2) is 5.38 Å². The fourth-order valence-electron chi connectivity index (χ4n) is 1.03. The molecule has 5 heteroatoms. The maximum absolute atomic E-state index is 10.0. The third kappa shape index (κ3) is 2.75. The third-order valence-corrected chi connectivity index (χ3v) is 3.11. The number of aromatic nitrogens is 1. The van der Waals surface area contributed by atoms with Gasteiger partial charge in [0.25, 0.3) is 0 Å². The molecule has 0 bridgehead atoms. The van der Waals surface area contributed by atoms with Crippen molar-refractivity contribution < 1.29 is 14.9 Å². The fraction of sp³-hybridized carbons (Fsp3) is 0.667. The average molecular weight is 217 g/mol. The van der Waals surface area contributed by atoms with Crippen LogP contribution in [0.2, 0.25) is 0 Å². The molecule has 80 valence electrons. The Hall–Kier alpha value is -0.490. The molecule has 0 aliphatic rings. The molecule has 1 aromatic rings. The van der Waals surface area contributed by atoms with Gasteiger partial charge in [0, 0.05) is 25.5 Å². The predicted octanol–water partition coefficient (Wildman–Crippen LogP) is 0.879. The van der Waals surface area contributed by atoms with Crippen molar-refractivity contribution in [1.29, 1.82) is 0 Å². The summed E-state index contributed by atoms with van der Waals surface area (Å²) in [5.74, 6) is 0. The molecule has 14 heavy (non-hydrogen) atoms. The highest BCUT2D eigenvalue weighted by molar-refractivity contribution is 7.09. The molecule has 0 amide bonds. The maximum Gasteiger partial charge on any atom is 0.125 e. The molecule has 0 unspecified atom stereocenters. The fourth-order valence-corrected chi connectivity index (χ4v) is 1.94. The van der Waals surface area contributed by atoms with E-state index in [1.807, 2.05) is 0 Å². The molecule has 0 saturated heterocycles. The highest BCUT2D eigenvalue weighted by Crippen LogP contribution is 2.27. The Morgan fingerprint density at radius 1 is 1.64 bits per heavy atom. The maximum atomic E-state index is 10.0. The number of nitrogens with zero attached hydrogens (tertiary/aromatic N) is 1. The van der Waals surface area contributed by atoms with E-state index in [2.05, 4.69) is 4.98 Å². The predicted molar refractivity (Wildman–Crippen MR) is 54.1 cm³/mol. The summed E-state index contributed by atoms with van der Waals surface area (Å²) < 4.78 is 4.90. The molecule has 1 heterocycles. The summed E-state index contributed by atoms with van der Waals surface area (Å²) in [5.41, 5.74) is -0.364. The quantitative estimate of drug-likeness (QED) is 0.768. The first kappa shape index (κ1) is 11.6. The number of hydrogen-bond acceptors (Lipinski definition) is 5. The second-order valence-corrected chi connectivity index (χ2v) is 4.18. The van der Waals surface area contributed by atoms with Crippen LogP contribution in [0.4, 0.5) is 0 Å². The summed E-state index contributed by atoms with van der Waals surface area (Å²) in [6.45, 7) is 2.10. The number of ether oxygens (including phenoxy) is 1. The lowest BCUT2D eigenvalue weighted by atomic mass is 10.0. The van der Waals surface area contributed by atoms with Crippen molar-refractivity contribution in [1.82, 2.24) is 4.98 Å². The zero-order valence-electron chi connectivity index (χ0n) is 8.36. The van der Waals surface area contributed by atoms with Crippen LogP contribution in [0.5, 0.6) is 0 Å². The lowest BCUT2D eigenvalue weighted by Gasteiger charge is -2.19. The standard InChI is InChI=1S/C9H15NO3S/c1-9(12,3-4-13-2)8-10-7(5-11)6-14-8/h6,11-12H,3-5H2,1-2H3/t9-/m1/s1. The van der Waals surface area contributed by atoms with Crippen molar-refractivity contribution >= 4 is 11.3 Å². The van der Waals surface area contributed by atoms with Gasteiger partial charge in [-0.1, -0.05) is 0 Å². The van der Waals surface area contributed by atoms with Crippen LogP contribution in [-0.2, 0) is 16.9 Å². The first-order valence-corrected chi connectivity index (χ1v) is 5.25. The van der Waals surface area contributed by atoms with E-state index in [0.29, 0.717) is 23.7 Å². The largest absolute Gasteiger partial charge is 0.390 e. The van der Waals surface area contributed by atoms with E-state index in [-0.39, 0.29) is 6.61 Å². The Balaban J connectivity index is 2.70. The number of rotatable bonds is 5. The molecule has 1 rings (SSSR count). The molecule has 1 aromatic heterocycles. The molecular weight excluding hydrogens is 202 g/mol. The summed E-state index contributed by atoms with van der Waals surface area (Å²) in [5, 5.41) is 21.2. The minimum Gasteiger partial charge on any atom is -0.390 e. The molecule has 0 spiro atoms. The number of hydrogen-bond donors (Lipinski definition) is 2. The Labute approximate surface area is 87.2 Å². The van der Waals surface area contributed by atoms with Crippen LogP contribution >= 0.6 is 11.3 Å². The van der Waals surface area contributed by atoms with E-state index in [1.165, 1.54) is 11.3 Å². The van der Waals surface area contributed by atoms with E-state index >= 15 is 0 Å². The van der Waals surface area contributed by atoms with Crippen LogP contribution in [0.25, 0.3) is 0 Å². The van der Waals surface area contributed by atoms with Crippen molar-refractivity contribution in [2.24, 2.45) is 0 Å². The summed E-state index contributed by atoms with van der Waals surface area (Å²) in [6.07, 6.45) is 0.502. The van der Waals surface area contributed by atoms with Gasteiger partial charge in [0.2, 0.25) is 0 Å². The zero-order chi connectivity index (χ0) is 10.6.